The number of urea groups is 1. The zero-order chi connectivity index (χ0) is 16.9. The molecule has 7 nitrogen and oxygen atoms in total. The van der Waals surface area contributed by atoms with E-state index in [1.54, 1.807) is 0 Å². The molecule has 0 unspecified atom stereocenters. The summed E-state index contributed by atoms with van der Waals surface area (Å²) in [5.74, 6) is -0.837. The maximum absolute atomic E-state index is 13.5. The van der Waals surface area contributed by atoms with Crippen LogP contribution in [-0.4, -0.2) is 42.3 Å². The summed E-state index contributed by atoms with van der Waals surface area (Å²) in [7, 11) is 0. The van der Waals surface area contributed by atoms with Crippen molar-refractivity contribution in [1.82, 2.24) is 9.97 Å². The highest BCUT2D eigenvalue weighted by molar-refractivity contribution is 5.99. The summed E-state index contributed by atoms with van der Waals surface area (Å²) in [5, 5.41) is 4.69. The molecule has 1 aromatic carbocycles. The van der Waals surface area contributed by atoms with Gasteiger partial charge in [-0.1, -0.05) is 0 Å². The Morgan fingerprint density at radius 2 is 1.83 bits per heavy atom. The SMILES string of the molecule is O=C(Nc1cnc(N2CCOCC2)nc1)Nc1cc(F)ccc1F. The first-order chi connectivity index (χ1) is 11.6. The van der Waals surface area contributed by atoms with Gasteiger partial charge in [-0.25, -0.2) is 23.5 Å². The molecular formula is C15H15F2N5O2. The zero-order valence-electron chi connectivity index (χ0n) is 12.6. The molecule has 0 saturated carbocycles. The molecule has 1 saturated heterocycles. The molecule has 9 heteroatoms. The molecule has 1 aliphatic heterocycles. The lowest BCUT2D eigenvalue weighted by atomic mass is 10.3. The van der Waals surface area contributed by atoms with Crippen molar-refractivity contribution in [1.29, 1.82) is 0 Å². The minimum absolute atomic E-state index is 0.252. The van der Waals surface area contributed by atoms with Crippen LogP contribution in [0, 0.1) is 11.6 Å². The fourth-order valence-electron chi connectivity index (χ4n) is 2.19. The van der Waals surface area contributed by atoms with Crippen molar-refractivity contribution in [2.75, 3.05) is 41.8 Å². The quantitative estimate of drug-likeness (QED) is 0.899. The lowest BCUT2D eigenvalue weighted by molar-refractivity contribution is 0.122. The number of aromatic nitrogens is 2. The van der Waals surface area contributed by atoms with Gasteiger partial charge in [0.25, 0.3) is 0 Å². The predicted molar refractivity (Wildman–Crippen MR) is 84.1 cm³/mol. The second kappa shape index (κ2) is 7.18. The van der Waals surface area contributed by atoms with Crippen LogP contribution in [0.4, 0.5) is 30.9 Å². The van der Waals surface area contributed by atoms with Gasteiger partial charge >= 0.3 is 6.03 Å². The third kappa shape index (κ3) is 3.93. The first-order valence-corrected chi connectivity index (χ1v) is 7.29. The molecule has 1 aliphatic rings. The van der Waals surface area contributed by atoms with Crippen molar-refractivity contribution in [3.05, 3.63) is 42.2 Å². The Labute approximate surface area is 136 Å². The monoisotopic (exact) mass is 335 g/mol. The minimum atomic E-state index is -0.731. The van der Waals surface area contributed by atoms with Gasteiger partial charge in [-0.3, -0.25) is 0 Å². The smallest absolute Gasteiger partial charge is 0.323 e. The Kier molecular flexibility index (Phi) is 4.80. The Balaban J connectivity index is 1.61. The molecule has 2 aromatic rings. The van der Waals surface area contributed by atoms with E-state index >= 15 is 0 Å². The Bertz CT molecular complexity index is 720. The average Bonchev–Trinajstić information content (AvgIpc) is 2.59. The van der Waals surface area contributed by atoms with E-state index < -0.39 is 17.7 Å². The van der Waals surface area contributed by atoms with Gasteiger partial charge in [0.15, 0.2) is 0 Å². The number of morpholine rings is 1. The van der Waals surface area contributed by atoms with Gasteiger partial charge < -0.3 is 20.3 Å². The summed E-state index contributed by atoms with van der Waals surface area (Å²) in [4.78, 5) is 22.2. The third-order valence-electron chi connectivity index (χ3n) is 3.37. The average molecular weight is 335 g/mol. The maximum atomic E-state index is 13.5. The van der Waals surface area contributed by atoms with Crippen LogP contribution >= 0.6 is 0 Å². The number of hydrogen-bond donors (Lipinski definition) is 2. The van der Waals surface area contributed by atoms with E-state index in [-0.39, 0.29) is 5.69 Å². The van der Waals surface area contributed by atoms with Crippen LogP contribution in [0.15, 0.2) is 30.6 Å². The molecular weight excluding hydrogens is 320 g/mol. The van der Waals surface area contributed by atoms with E-state index in [0.717, 1.165) is 18.2 Å². The number of rotatable bonds is 3. The van der Waals surface area contributed by atoms with E-state index in [1.165, 1.54) is 12.4 Å². The minimum Gasteiger partial charge on any atom is -0.378 e. The number of carbonyl (C=O) groups excluding carboxylic acids is 1. The summed E-state index contributed by atoms with van der Waals surface area (Å²) >= 11 is 0. The standard InChI is InChI=1S/C15H15F2N5O2/c16-10-1-2-12(17)13(7-10)21-15(23)20-11-8-18-14(19-9-11)22-3-5-24-6-4-22/h1-2,7-9H,3-6H2,(H2,20,21,23). The van der Waals surface area contributed by atoms with Crippen molar-refractivity contribution in [2.24, 2.45) is 0 Å². The molecule has 0 bridgehead atoms. The van der Waals surface area contributed by atoms with Gasteiger partial charge in [0.2, 0.25) is 5.95 Å². The van der Waals surface area contributed by atoms with E-state index in [4.69, 9.17) is 4.74 Å². The largest absolute Gasteiger partial charge is 0.378 e. The van der Waals surface area contributed by atoms with Crippen LogP contribution in [0.5, 0.6) is 0 Å². The van der Waals surface area contributed by atoms with Crippen molar-refractivity contribution in [2.45, 2.75) is 0 Å². The number of nitrogens with one attached hydrogen (secondary N) is 2. The highest BCUT2D eigenvalue weighted by Crippen LogP contribution is 2.16. The highest BCUT2D eigenvalue weighted by atomic mass is 19.1. The topological polar surface area (TPSA) is 79.4 Å². The van der Waals surface area contributed by atoms with Crippen LogP contribution < -0.4 is 15.5 Å². The van der Waals surface area contributed by atoms with Gasteiger partial charge in [-0.15, -0.1) is 0 Å². The Morgan fingerprint density at radius 3 is 2.54 bits per heavy atom. The van der Waals surface area contributed by atoms with Crippen molar-refractivity contribution >= 4 is 23.4 Å². The lowest BCUT2D eigenvalue weighted by Gasteiger charge is -2.26. The fourth-order valence-corrected chi connectivity index (χ4v) is 2.19. The van der Waals surface area contributed by atoms with Crippen LogP contribution in [0.1, 0.15) is 0 Å². The summed E-state index contributed by atoms with van der Waals surface area (Å²) in [6.45, 7) is 2.63. The molecule has 0 spiro atoms. The normalized spacial score (nSPS) is 14.3. The number of hydrogen-bond acceptors (Lipinski definition) is 5. The van der Waals surface area contributed by atoms with Crippen LogP contribution in [0.2, 0.25) is 0 Å². The van der Waals surface area contributed by atoms with E-state index in [0.29, 0.717) is 37.9 Å². The molecule has 126 valence electrons. The first kappa shape index (κ1) is 16.1. The van der Waals surface area contributed by atoms with Gasteiger partial charge in [0.05, 0.1) is 37.0 Å². The zero-order valence-corrected chi connectivity index (χ0v) is 12.6. The molecule has 0 aliphatic carbocycles. The number of carbonyl (C=O) groups is 1. The summed E-state index contributed by atoms with van der Waals surface area (Å²) in [5.41, 5.74) is 0.0830. The highest BCUT2D eigenvalue weighted by Gasteiger charge is 2.14. The first-order valence-electron chi connectivity index (χ1n) is 7.29. The molecule has 1 aromatic heterocycles. The van der Waals surface area contributed by atoms with Crippen LogP contribution in [0.3, 0.4) is 0 Å². The van der Waals surface area contributed by atoms with Crippen molar-refractivity contribution < 1.29 is 18.3 Å². The number of ether oxygens (including phenoxy) is 1. The summed E-state index contributed by atoms with van der Waals surface area (Å²) in [6, 6.07) is 2.08. The molecule has 3 rings (SSSR count). The van der Waals surface area contributed by atoms with Crippen molar-refractivity contribution in [3.63, 3.8) is 0 Å². The summed E-state index contributed by atoms with van der Waals surface area (Å²) < 4.78 is 31.8. The van der Waals surface area contributed by atoms with Crippen molar-refractivity contribution in [3.8, 4) is 0 Å². The number of nitrogens with zero attached hydrogens (tertiary/aromatic N) is 3. The third-order valence-corrected chi connectivity index (χ3v) is 3.37. The number of amides is 2. The number of anilines is 3. The molecule has 24 heavy (non-hydrogen) atoms. The molecule has 0 atom stereocenters. The van der Waals surface area contributed by atoms with E-state index in [1.807, 2.05) is 4.90 Å². The fraction of sp³-hybridized carbons (Fsp3) is 0.267. The Morgan fingerprint density at radius 1 is 1.12 bits per heavy atom. The second-order valence-corrected chi connectivity index (χ2v) is 5.07. The van der Waals surface area contributed by atoms with E-state index in [9.17, 15) is 13.6 Å². The van der Waals surface area contributed by atoms with Crippen LogP contribution in [0.25, 0.3) is 0 Å². The van der Waals surface area contributed by atoms with E-state index in [2.05, 4.69) is 20.6 Å². The molecule has 2 amide bonds. The number of halogens is 2. The van der Waals surface area contributed by atoms with Gasteiger partial charge in [0, 0.05) is 19.2 Å². The number of benzene rings is 1. The van der Waals surface area contributed by atoms with Gasteiger partial charge in [0.1, 0.15) is 11.6 Å². The summed E-state index contributed by atoms with van der Waals surface area (Å²) in [6.07, 6.45) is 2.89. The predicted octanol–water partition coefficient (Wildman–Crippen LogP) is 2.24. The van der Waals surface area contributed by atoms with Gasteiger partial charge in [-0.2, -0.15) is 0 Å². The lowest BCUT2D eigenvalue weighted by Crippen LogP contribution is -2.37. The van der Waals surface area contributed by atoms with Gasteiger partial charge in [-0.05, 0) is 12.1 Å². The molecule has 1 fully saturated rings. The molecule has 2 heterocycles. The maximum Gasteiger partial charge on any atom is 0.323 e. The Hall–Kier alpha value is -2.81. The molecule has 2 N–H and O–H groups in total. The second-order valence-electron chi connectivity index (χ2n) is 5.07. The molecule has 0 radical (unpaired) electrons. The van der Waals surface area contributed by atoms with Crippen LogP contribution in [-0.2, 0) is 4.74 Å².